The van der Waals surface area contributed by atoms with Crippen LogP contribution in [-0.2, 0) is 16.6 Å². The average Bonchev–Trinajstić information content (AvgIpc) is 3.00. The highest BCUT2D eigenvalue weighted by Gasteiger charge is 2.29. The molecule has 1 aliphatic rings. The van der Waals surface area contributed by atoms with Crippen LogP contribution in [0.3, 0.4) is 0 Å². The van der Waals surface area contributed by atoms with E-state index in [4.69, 9.17) is 9.47 Å². The molecule has 0 spiro atoms. The van der Waals surface area contributed by atoms with Gasteiger partial charge in [-0.1, -0.05) is 0 Å². The van der Waals surface area contributed by atoms with E-state index in [-0.39, 0.29) is 11.5 Å². The van der Waals surface area contributed by atoms with Crippen LogP contribution < -0.4 is 9.47 Å². The van der Waals surface area contributed by atoms with Crippen molar-refractivity contribution in [3.63, 3.8) is 0 Å². The first-order valence-electron chi connectivity index (χ1n) is 6.40. The second kappa shape index (κ2) is 5.99. The zero-order valence-corrected chi connectivity index (χ0v) is 12.4. The first-order valence-corrected chi connectivity index (χ1v) is 7.84. The fourth-order valence-electron chi connectivity index (χ4n) is 2.36. The van der Waals surface area contributed by atoms with Crippen molar-refractivity contribution in [2.24, 2.45) is 0 Å². The summed E-state index contributed by atoms with van der Waals surface area (Å²) < 4.78 is 36.8. The summed E-state index contributed by atoms with van der Waals surface area (Å²) in [4.78, 5) is 0.126. The highest BCUT2D eigenvalue weighted by molar-refractivity contribution is 7.89. The van der Waals surface area contributed by atoms with Gasteiger partial charge >= 0.3 is 0 Å². The monoisotopic (exact) mass is 301 g/mol. The summed E-state index contributed by atoms with van der Waals surface area (Å²) in [6.45, 7) is 0.749. The van der Waals surface area contributed by atoms with E-state index in [0.29, 0.717) is 30.2 Å². The molecule has 1 aliphatic heterocycles. The maximum absolute atomic E-state index is 12.5. The molecule has 2 rings (SSSR count). The van der Waals surface area contributed by atoms with Gasteiger partial charge in [0.1, 0.15) is 0 Å². The minimum atomic E-state index is -3.54. The number of hydrogen-bond donors (Lipinski definition) is 1. The van der Waals surface area contributed by atoms with Crippen molar-refractivity contribution in [1.82, 2.24) is 4.31 Å². The third-order valence-electron chi connectivity index (χ3n) is 3.40. The van der Waals surface area contributed by atoms with Gasteiger partial charge in [-0.2, -0.15) is 4.31 Å². The number of aliphatic hydroxyl groups excluding tert-OH is 1. The normalized spacial score (nSPS) is 16.4. The van der Waals surface area contributed by atoms with Crippen molar-refractivity contribution < 1.29 is 23.0 Å². The van der Waals surface area contributed by atoms with Crippen LogP contribution >= 0.6 is 0 Å². The van der Waals surface area contributed by atoms with Crippen molar-refractivity contribution in [1.29, 1.82) is 0 Å². The first-order chi connectivity index (χ1) is 9.54. The maximum Gasteiger partial charge on any atom is 0.243 e. The number of hydrogen-bond acceptors (Lipinski definition) is 5. The van der Waals surface area contributed by atoms with E-state index >= 15 is 0 Å². The summed E-state index contributed by atoms with van der Waals surface area (Å²) in [6.07, 6.45) is 1.75. The SMILES string of the molecule is COc1cc(S(=O)(=O)N2CCCC2)cc(CO)c1OC. The second-order valence-corrected chi connectivity index (χ2v) is 6.53. The Hall–Kier alpha value is -1.31. The molecule has 1 aromatic carbocycles. The second-order valence-electron chi connectivity index (χ2n) is 4.59. The number of methoxy groups -OCH3 is 2. The fraction of sp³-hybridized carbons (Fsp3) is 0.538. The number of aliphatic hydroxyl groups is 1. The van der Waals surface area contributed by atoms with Crippen molar-refractivity contribution in [3.8, 4) is 11.5 Å². The first kappa shape index (κ1) is 15.1. The predicted molar refractivity (Wildman–Crippen MR) is 73.5 cm³/mol. The number of benzene rings is 1. The molecular formula is C13H19NO5S. The summed E-state index contributed by atoms with van der Waals surface area (Å²) in [5.74, 6) is 0.659. The molecule has 1 heterocycles. The molecule has 0 atom stereocenters. The predicted octanol–water partition coefficient (Wildman–Crippen LogP) is 0.981. The number of sulfonamides is 1. The number of nitrogens with zero attached hydrogens (tertiary/aromatic N) is 1. The molecule has 7 heteroatoms. The summed E-state index contributed by atoms with van der Waals surface area (Å²) in [5, 5.41) is 9.38. The molecule has 112 valence electrons. The minimum Gasteiger partial charge on any atom is -0.493 e. The Kier molecular flexibility index (Phi) is 4.52. The molecule has 1 saturated heterocycles. The van der Waals surface area contributed by atoms with Gasteiger partial charge in [0.15, 0.2) is 11.5 Å². The van der Waals surface area contributed by atoms with Gasteiger partial charge in [-0.3, -0.25) is 0 Å². The van der Waals surface area contributed by atoms with E-state index in [1.54, 1.807) is 0 Å². The quantitative estimate of drug-likeness (QED) is 0.877. The molecule has 1 aromatic rings. The van der Waals surface area contributed by atoms with Gasteiger partial charge in [0.2, 0.25) is 10.0 Å². The molecule has 0 saturated carbocycles. The van der Waals surface area contributed by atoms with E-state index in [2.05, 4.69) is 0 Å². The third kappa shape index (κ3) is 2.61. The van der Waals surface area contributed by atoms with Gasteiger partial charge in [-0.25, -0.2) is 8.42 Å². The van der Waals surface area contributed by atoms with Crippen LogP contribution in [0.25, 0.3) is 0 Å². The zero-order valence-electron chi connectivity index (χ0n) is 11.6. The minimum absolute atomic E-state index is 0.126. The standard InChI is InChI=1S/C13H19NO5S/c1-18-12-8-11(7-10(9-15)13(12)19-2)20(16,17)14-5-3-4-6-14/h7-8,15H,3-6,9H2,1-2H3. The average molecular weight is 301 g/mol. The van der Waals surface area contributed by atoms with Crippen LogP contribution in [0.5, 0.6) is 11.5 Å². The third-order valence-corrected chi connectivity index (χ3v) is 5.28. The molecule has 20 heavy (non-hydrogen) atoms. The van der Waals surface area contributed by atoms with E-state index in [1.165, 1.54) is 30.7 Å². The van der Waals surface area contributed by atoms with Crippen molar-refractivity contribution in [3.05, 3.63) is 17.7 Å². The smallest absolute Gasteiger partial charge is 0.243 e. The summed E-state index contributed by atoms with van der Waals surface area (Å²) in [5.41, 5.74) is 0.393. The number of rotatable bonds is 5. The van der Waals surface area contributed by atoms with Crippen LogP contribution in [0.2, 0.25) is 0 Å². The molecule has 0 unspecified atom stereocenters. The lowest BCUT2D eigenvalue weighted by Gasteiger charge is -2.18. The molecule has 0 amide bonds. The topological polar surface area (TPSA) is 76.1 Å². The Morgan fingerprint density at radius 1 is 1.20 bits per heavy atom. The maximum atomic E-state index is 12.5. The highest BCUT2D eigenvalue weighted by Crippen LogP contribution is 2.35. The lowest BCUT2D eigenvalue weighted by atomic mass is 10.2. The van der Waals surface area contributed by atoms with Crippen LogP contribution in [0.1, 0.15) is 18.4 Å². The molecule has 1 fully saturated rings. The Morgan fingerprint density at radius 3 is 2.35 bits per heavy atom. The van der Waals surface area contributed by atoms with E-state index < -0.39 is 10.0 Å². The Labute approximate surface area is 119 Å². The van der Waals surface area contributed by atoms with Gasteiger partial charge in [0.25, 0.3) is 0 Å². The Bertz CT molecular complexity index is 553. The van der Waals surface area contributed by atoms with Gasteiger partial charge in [-0.05, 0) is 18.9 Å². The Balaban J connectivity index is 2.51. The van der Waals surface area contributed by atoms with Crippen LogP contribution in [0.4, 0.5) is 0 Å². The lowest BCUT2D eigenvalue weighted by Crippen LogP contribution is -2.28. The van der Waals surface area contributed by atoms with Crippen molar-refractivity contribution in [2.75, 3.05) is 27.3 Å². The molecule has 0 radical (unpaired) electrons. The van der Waals surface area contributed by atoms with Crippen LogP contribution in [0.15, 0.2) is 17.0 Å². The number of ether oxygens (including phenoxy) is 2. The molecule has 0 bridgehead atoms. The van der Waals surface area contributed by atoms with Crippen LogP contribution in [-0.4, -0.2) is 45.1 Å². The highest BCUT2D eigenvalue weighted by atomic mass is 32.2. The van der Waals surface area contributed by atoms with Gasteiger partial charge in [0, 0.05) is 24.7 Å². The van der Waals surface area contributed by atoms with Gasteiger partial charge in [-0.15, -0.1) is 0 Å². The van der Waals surface area contributed by atoms with Gasteiger partial charge < -0.3 is 14.6 Å². The van der Waals surface area contributed by atoms with E-state index in [9.17, 15) is 13.5 Å². The molecule has 0 aromatic heterocycles. The summed E-state index contributed by atoms with van der Waals surface area (Å²) in [6, 6.07) is 2.88. The van der Waals surface area contributed by atoms with E-state index in [0.717, 1.165) is 12.8 Å². The largest absolute Gasteiger partial charge is 0.493 e. The lowest BCUT2D eigenvalue weighted by molar-refractivity contribution is 0.269. The fourth-order valence-corrected chi connectivity index (χ4v) is 3.94. The van der Waals surface area contributed by atoms with Crippen molar-refractivity contribution in [2.45, 2.75) is 24.3 Å². The molecule has 1 N–H and O–H groups in total. The molecule has 0 aliphatic carbocycles. The van der Waals surface area contributed by atoms with Gasteiger partial charge in [0.05, 0.1) is 25.7 Å². The summed E-state index contributed by atoms with van der Waals surface area (Å²) in [7, 11) is -0.656. The Morgan fingerprint density at radius 2 is 1.85 bits per heavy atom. The zero-order chi connectivity index (χ0) is 14.8. The van der Waals surface area contributed by atoms with Crippen molar-refractivity contribution >= 4 is 10.0 Å². The van der Waals surface area contributed by atoms with Crippen LogP contribution in [0, 0.1) is 0 Å². The summed E-state index contributed by atoms with van der Waals surface area (Å²) >= 11 is 0. The molecule has 6 nitrogen and oxygen atoms in total. The van der Waals surface area contributed by atoms with E-state index in [1.807, 2.05) is 0 Å². The molecular weight excluding hydrogens is 282 g/mol.